The minimum atomic E-state index is -0.0464. The molecule has 0 saturated carbocycles. The summed E-state index contributed by atoms with van der Waals surface area (Å²) in [6.45, 7) is 2.85. The van der Waals surface area contributed by atoms with Crippen molar-refractivity contribution in [2.45, 2.75) is 19.8 Å². The molecule has 0 radical (unpaired) electrons. The van der Waals surface area contributed by atoms with Crippen molar-refractivity contribution >= 4 is 11.5 Å². The van der Waals surface area contributed by atoms with Gasteiger partial charge in [0, 0.05) is 17.8 Å². The highest BCUT2D eigenvalue weighted by atomic mass is 16.1. The van der Waals surface area contributed by atoms with E-state index in [9.17, 15) is 4.79 Å². The summed E-state index contributed by atoms with van der Waals surface area (Å²) in [6, 6.07) is 9.46. The summed E-state index contributed by atoms with van der Waals surface area (Å²) in [7, 11) is 0. The molecule has 2 rings (SSSR count). The molecule has 1 aromatic carbocycles. The third-order valence-electron chi connectivity index (χ3n) is 2.86. The van der Waals surface area contributed by atoms with Crippen LogP contribution >= 0.6 is 0 Å². The molecule has 1 atom stereocenters. The van der Waals surface area contributed by atoms with Gasteiger partial charge in [0.1, 0.15) is 0 Å². The van der Waals surface area contributed by atoms with Crippen molar-refractivity contribution in [1.82, 2.24) is 0 Å². The van der Waals surface area contributed by atoms with Gasteiger partial charge in [-0.25, -0.2) is 0 Å². The Morgan fingerprint density at radius 3 is 2.67 bits per heavy atom. The van der Waals surface area contributed by atoms with Gasteiger partial charge >= 0.3 is 0 Å². The first-order chi connectivity index (χ1) is 7.29. The van der Waals surface area contributed by atoms with E-state index in [-0.39, 0.29) is 11.7 Å². The number of Topliss-reactive ketones (excluding diaryl/α,β-unsaturated/α-hetero) is 1. The number of nitrogens with zero attached hydrogens (tertiary/aromatic N) is 1. The predicted molar refractivity (Wildman–Crippen MR) is 61.5 cm³/mol. The normalized spacial score (nSPS) is 17.3. The van der Waals surface area contributed by atoms with Crippen molar-refractivity contribution in [3.8, 4) is 0 Å². The summed E-state index contributed by atoms with van der Waals surface area (Å²) in [5, 5.41) is 0. The minimum Gasteiger partial charge on any atom is -0.293 e. The fraction of sp³-hybridized carbons (Fsp3) is 0.385. The quantitative estimate of drug-likeness (QED) is 0.691. The van der Waals surface area contributed by atoms with E-state index in [4.69, 9.17) is 0 Å². The van der Waals surface area contributed by atoms with E-state index in [1.807, 2.05) is 37.3 Å². The Kier molecular flexibility index (Phi) is 2.95. The molecule has 0 aromatic heterocycles. The molecule has 1 unspecified atom stereocenters. The Hall–Kier alpha value is -1.44. The molecular formula is C13H15NO. The van der Waals surface area contributed by atoms with E-state index >= 15 is 0 Å². The van der Waals surface area contributed by atoms with Crippen molar-refractivity contribution in [3.63, 3.8) is 0 Å². The van der Waals surface area contributed by atoms with E-state index in [1.165, 1.54) is 0 Å². The van der Waals surface area contributed by atoms with E-state index in [0.29, 0.717) is 0 Å². The lowest BCUT2D eigenvalue weighted by Crippen LogP contribution is -2.19. The average molecular weight is 201 g/mol. The maximum Gasteiger partial charge on any atom is 0.171 e. The predicted octanol–water partition coefficient (Wildman–Crippen LogP) is 2.74. The van der Waals surface area contributed by atoms with Crippen molar-refractivity contribution in [2.24, 2.45) is 10.9 Å². The third kappa shape index (κ3) is 2.14. The summed E-state index contributed by atoms with van der Waals surface area (Å²) in [4.78, 5) is 16.4. The maximum atomic E-state index is 12.1. The molecule has 0 spiro atoms. The van der Waals surface area contributed by atoms with Crippen LogP contribution in [0.4, 0.5) is 0 Å². The minimum absolute atomic E-state index is 0.0464. The topological polar surface area (TPSA) is 29.4 Å². The van der Waals surface area contributed by atoms with E-state index in [1.54, 1.807) is 0 Å². The number of hydrogen-bond donors (Lipinski definition) is 0. The van der Waals surface area contributed by atoms with Crippen LogP contribution in [0.5, 0.6) is 0 Å². The molecule has 1 aliphatic rings. The van der Waals surface area contributed by atoms with Gasteiger partial charge in [-0.1, -0.05) is 30.3 Å². The van der Waals surface area contributed by atoms with Crippen LogP contribution < -0.4 is 0 Å². The molecule has 0 saturated heterocycles. The average Bonchev–Trinajstić information content (AvgIpc) is 2.82. The third-order valence-corrected chi connectivity index (χ3v) is 2.86. The first-order valence-electron chi connectivity index (χ1n) is 5.41. The van der Waals surface area contributed by atoms with Gasteiger partial charge in [0.05, 0.1) is 5.92 Å². The summed E-state index contributed by atoms with van der Waals surface area (Å²) >= 11 is 0. The zero-order valence-corrected chi connectivity index (χ0v) is 8.94. The molecule has 0 aliphatic carbocycles. The number of benzene rings is 1. The SMILES string of the molecule is CC(C(=O)c1ccccc1)C1=NCCC1. The number of carbonyl (C=O) groups excluding carboxylic acids is 1. The highest BCUT2D eigenvalue weighted by molar-refractivity contribution is 6.12. The van der Waals surface area contributed by atoms with Gasteiger partial charge in [0.2, 0.25) is 0 Å². The second-order valence-electron chi connectivity index (χ2n) is 3.93. The van der Waals surface area contributed by atoms with Crippen LogP contribution in [0.1, 0.15) is 30.1 Å². The summed E-state index contributed by atoms with van der Waals surface area (Å²) in [6.07, 6.45) is 2.08. The Morgan fingerprint density at radius 2 is 2.07 bits per heavy atom. The van der Waals surface area contributed by atoms with Gasteiger partial charge in [-0.15, -0.1) is 0 Å². The number of hydrogen-bond acceptors (Lipinski definition) is 2. The van der Waals surface area contributed by atoms with E-state index in [0.717, 1.165) is 30.7 Å². The molecule has 78 valence electrons. The van der Waals surface area contributed by atoms with Gasteiger partial charge < -0.3 is 0 Å². The number of aliphatic imine (C=N–C) groups is 1. The number of carbonyl (C=O) groups is 1. The number of ketones is 1. The molecular weight excluding hydrogens is 186 g/mol. The van der Waals surface area contributed by atoms with Gasteiger partial charge in [0.25, 0.3) is 0 Å². The molecule has 1 heterocycles. The second kappa shape index (κ2) is 4.39. The van der Waals surface area contributed by atoms with Crippen LogP contribution in [0.3, 0.4) is 0 Å². The molecule has 15 heavy (non-hydrogen) atoms. The van der Waals surface area contributed by atoms with E-state index in [2.05, 4.69) is 4.99 Å². The second-order valence-corrected chi connectivity index (χ2v) is 3.93. The zero-order valence-electron chi connectivity index (χ0n) is 8.94. The largest absolute Gasteiger partial charge is 0.293 e. The summed E-state index contributed by atoms with van der Waals surface area (Å²) < 4.78 is 0. The van der Waals surface area contributed by atoms with Crippen LogP contribution in [-0.4, -0.2) is 18.0 Å². The van der Waals surface area contributed by atoms with Crippen molar-refractivity contribution in [2.75, 3.05) is 6.54 Å². The first-order valence-corrected chi connectivity index (χ1v) is 5.41. The first kappa shape index (κ1) is 10.1. The Morgan fingerprint density at radius 1 is 1.33 bits per heavy atom. The van der Waals surface area contributed by atoms with Crippen molar-refractivity contribution in [1.29, 1.82) is 0 Å². The Balaban J connectivity index is 2.14. The van der Waals surface area contributed by atoms with Gasteiger partial charge in [-0.3, -0.25) is 9.79 Å². The van der Waals surface area contributed by atoms with Crippen LogP contribution in [0.25, 0.3) is 0 Å². The van der Waals surface area contributed by atoms with Crippen LogP contribution in [0, 0.1) is 5.92 Å². The monoisotopic (exact) mass is 201 g/mol. The molecule has 2 nitrogen and oxygen atoms in total. The molecule has 0 bridgehead atoms. The number of rotatable bonds is 3. The maximum absolute atomic E-state index is 12.1. The highest BCUT2D eigenvalue weighted by Gasteiger charge is 2.22. The van der Waals surface area contributed by atoms with Crippen molar-refractivity contribution < 1.29 is 4.79 Å². The molecule has 0 N–H and O–H groups in total. The van der Waals surface area contributed by atoms with Crippen LogP contribution in [-0.2, 0) is 0 Å². The molecule has 0 amide bonds. The molecule has 1 aliphatic heterocycles. The van der Waals surface area contributed by atoms with E-state index < -0.39 is 0 Å². The standard InChI is InChI=1S/C13H15NO/c1-10(12-8-5-9-14-12)13(15)11-6-3-2-4-7-11/h2-4,6-7,10H,5,8-9H2,1H3. The fourth-order valence-electron chi connectivity index (χ4n) is 1.92. The summed E-state index contributed by atoms with van der Waals surface area (Å²) in [5.41, 5.74) is 1.86. The van der Waals surface area contributed by atoms with Crippen molar-refractivity contribution in [3.05, 3.63) is 35.9 Å². The Bertz CT molecular complexity index is 381. The lowest BCUT2D eigenvalue weighted by atomic mass is 9.93. The highest BCUT2D eigenvalue weighted by Crippen LogP contribution is 2.16. The van der Waals surface area contributed by atoms with Crippen LogP contribution in [0.15, 0.2) is 35.3 Å². The smallest absolute Gasteiger partial charge is 0.171 e. The lowest BCUT2D eigenvalue weighted by molar-refractivity contribution is 0.0961. The lowest BCUT2D eigenvalue weighted by Gasteiger charge is -2.09. The molecule has 0 fully saturated rings. The summed E-state index contributed by atoms with van der Waals surface area (Å²) in [5.74, 6) is 0.145. The fourth-order valence-corrected chi connectivity index (χ4v) is 1.92. The van der Waals surface area contributed by atoms with Gasteiger partial charge in [-0.05, 0) is 19.8 Å². The van der Waals surface area contributed by atoms with Gasteiger partial charge in [-0.2, -0.15) is 0 Å². The van der Waals surface area contributed by atoms with Crippen LogP contribution in [0.2, 0.25) is 0 Å². The molecule has 2 heteroatoms. The Labute approximate surface area is 90.0 Å². The molecule has 1 aromatic rings. The zero-order chi connectivity index (χ0) is 10.7. The van der Waals surface area contributed by atoms with Gasteiger partial charge in [0.15, 0.2) is 5.78 Å².